The van der Waals surface area contributed by atoms with Gasteiger partial charge in [-0.15, -0.1) is 12.4 Å². The van der Waals surface area contributed by atoms with Crippen LogP contribution in [0.25, 0.3) is 0 Å². The van der Waals surface area contributed by atoms with E-state index in [4.69, 9.17) is 4.74 Å². The zero-order valence-electron chi connectivity index (χ0n) is 14.8. The number of ether oxygens (including phenoxy) is 1. The Kier molecular flexibility index (Phi) is 6.67. The summed E-state index contributed by atoms with van der Waals surface area (Å²) in [5, 5.41) is 3.12. The molecule has 2 amide bonds. The van der Waals surface area contributed by atoms with Crippen molar-refractivity contribution < 1.29 is 14.3 Å². The van der Waals surface area contributed by atoms with E-state index in [2.05, 4.69) is 11.4 Å². The summed E-state index contributed by atoms with van der Waals surface area (Å²) >= 11 is 0. The maximum atomic E-state index is 12.3. The summed E-state index contributed by atoms with van der Waals surface area (Å²) in [6.45, 7) is 8.02. The first-order chi connectivity index (χ1) is 11.5. The molecule has 1 aromatic carbocycles. The van der Waals surface area contributed by atoms with Gasteiger partial charge in [-0.25, -0.2) is 0 Å². The van der Waals surface area contributed by atoms with Crippen molar-refractivity contribution in [1.82, 2.24) is 15.1 Å². The number of nitrogens with one attached hydrogen (secondary N) is 1. The molecule has 0 unspecified atom stereocenters. The average molecular weight is 368 g/mol. The van der Waals surface area contributed by atoms with Gasteiger partial charge in [0.15, 0.2) is 6.61 Å². The highest BCUT2D eigenvalue weighted by atomic mass is 35.5. The molecular formula is C18H26ClN3O3. The molecule has 2 heterocycles. The zero-order valence-corrected chi connectivity index (χ0v) is 15.6. The fourth-order valence-electron chi connectivity index (χ4n) is 3.15. The molecule has 7 heteroatoms. The van der Waals surface area contributed by atoms with E-state index in [0.717, 1.165) is 30.0 Å². The fourth-order valence-corrected chi connectivity index (χ4v) is 3.15. The lowest BCUT2D eigenvalue weighted by Crippen LogP contribution is -2.57. The molecule has 1 N–H and O–H groups in total. The molecule has 0 aliphatic carbocycles. The fraction of sp³-hybridized carbons (Fsp3) is 0.556. The minimum atomic E-state index is -0.0217. The summed E-state index contributed by atoms with van der Waals surface area (Å²) in [6.07, 6.45) is 0. The van der Waals surface area contributed by atoms with Gasteiger partial charge in [0.25, 0.3) is 5.91 Å². The van der Waals surface area contributed by atoms with Crippen LogP contribution < -0.4 is 10.1 Å². The van der Waals surface area contributed by atoms with Crippen LogP contribution in [0.15, 0.2) is 18.2 Å². The maximum Gasteiger partial charge on any atom is 0.260 e. The topological polar surface area (TPSA) is 61.9 Å². The van der Waals surface area contributed by atoms with Gasteiger partial charge < -0.3 is 19.9 Å². The van der Waals surface area contributed by atoms with E-state index in [-0.39, 0.29) is 36.7 Å². The number of hydrogen-bond acceptors (Lipinski definition) is 4. The van der Waals surface area contributed by atoms with Gasteiger partial charge in [-0.05, 0) is 37.1 Å². The van der Waals surface area contributed by atoms with Crippen LogP contribution in [-0.2, 0) is 9.59 Å². The molecule has 0 atom stereocenters. The van der Waals surface area contributed by atoms with Crippen molar-refractivity contribution in [2.45, 2.75) is 13.8 Å². The van der Waals surface area contributed by atoms with E-state index in [1.165, 1.54) is 0 Å². The van der Waals surface area contributed by atoms with E-state index in [9.17, 15) is 9.59 Å². The number of hydrogen-bond donors (Lipinski definition) is 1. The van der Waals surface area contributed by atoms with Gasteiger partial charge in [-0.2, -0.15) is 0 Å². The zero-order chi connectivity index (χ0) is 17.1. The third-order valence-electron chi connectivity index (χ3n) is 4.63. The Hall–Kier alpha value is -1.79. The molecule has 2 aliphatic rings. The lowest BCUT2D eigenvalue weighted by atomic mass is 10.0. The Balaban J connectivity index is 0.00000225. The molecule has 2 fully saturated rings. The molecule has 1 aromatic rings. The molecule has 0 bridgehead atoms. The first-order valence-corrected chi connectivity index (χ1v) is 8.51. The Morgan fingerprint density at radius 3 is 2.12 bits per heavy atom. The van der Waals surface area contributed by atoms with Crippen molar-refractivity contribution in [3.8, 4) is 5.75 Å². The van der Waals surface area contributed by atoms with Gasteiger partial charge in [0.05, 0.1) is 5.92 Å². The summed E-state index contributed by atoms with van der Waals surface area (Å²) < 4.78 is 5.64. The van der Waals surface area contributed by atoms with Crippen molar-refractivity contribution in [2.24, 2.45) is 5.92 Å². The van der Waals surface area contributed by atoms with Crippen LogP contribution in [0.1, 0.15) is 11.1 Å². The second kappa shape index (κ2) is 8.54. The first kappa shape index (κ1) is 19.5. The van der Waals surface area contributed by atoms with Crippen LogP contribution in [0.4, 0.5) is 0 Å². The van der Waals surface area contributed by atoms with Gasteiger partial charge >= 0.3 is 0 Å². The SMILES string of the molecule is Cc1cc(C)cc(OCC(=O)N2CCN(C(=O)C3CNC3)CC2)c1.Cl. The van der Waals surface area contributed by atoms with E-state index in [0.29, 0.717) is 26.2 Å². The molecule has 2 saturated heterocycles. The monoisotopic (exact) mass is 367 g/mol. The number of piperazine rings is 1. The van der Waals surface area contributed by atoms with Crippen LogP contribution in [0, 0.1) is 19.8 Å². The molecule has 2 aliphatic heterocycles. The largest absolute Gasteiger partial charge is 0.484 e. The van der Waals surface area contributed by atoms with E-state index in [1.54, 1.807) is 4.90 Å². The first-order valence-electron chi connectivity index (χ1n) is 8.51. The summed E-state index contributed by atoms with van der Waals surface area (Å²) in [5.74, 6) is 1.05. The number of nitrogens with zero attached hydrogens (tertiary/aromatic N) is 2. The molecule has 0 radical (unpaired) electrons. The molecule has 138 valence electrons. The third kappa shape index (κ3) is 4.86. The van der Waals surface area contributed by atoms with Crippen LogP contribution >= 0.6 is 12.4 Å². The molecule has 6 nitrogen and oxygen atoms in total. The highest BCUT2D eigenvalue weighted by molar-refractivity contribution is 5.85. The quantitative estimate of drug-likeness (QED) is 0.862. The molecular weight excluding hydrogens is 342 g/mol. The standard InChI is InChI=1S/C18H25N3O3.ClH/c1-13-7-14(2)9-16(8-13)24-12-17(22)20-3-5-21(6-4-20)18(23)15-10-19-11-15;/h7-9,15,19H,3-6,10-12H2,1-2H3;1H. The van der Waals surface area contributed by atoms with Gasteiger partial charge in [0, 0.05) is 39.3 Å². The van der Waals surface area contributed by atoms with Crippen LogP contribution in [0.3, 0.4) is 0 Å². The molecule has 0 aromatic heterocycles. The molecule has 0 saturated carbocycles. The van der Waals surface area contributed by atoms with Crippen LogP contribution in [-0.4, -0.2) is 67.5 Å². The van der Waals surface area contributed by atoms with Crippen molar-refractivity contribution in [1.29, 1.82) is 0 Å². The second-order valence-corrected chi connectivity index (χ2v) is 6.67. The molecule has 0 spiro atoms. The number of aryl methyl sites for hydroxylation is 2. The second-order valence-electron chi connectivity index (χ2n) is 6.67. The maximum absolute atomic E-state index is 12.3. The van der Waals surface area contributed by atoms with Crippen LogP contribution in [0.5, 0.6) is 5.75 Å². The predicted octanol–water partition coefficient (Wildman–Crippen LogP) is 0.994. The van der Waals surface area contributed by atoms with Gasteiger partial charge in [0.1, 0.15) is 5.75 Å². The van der Waals surface area contributed by atoms with Crippen LogP contribution in [0.2, 0.25) is 0 Å². The number of halogens is 1. The average Bonchev–Trinajstić information content (AvgIpc) is 2.50. The minimum absolute atomic E-state index is 0. The summed E-state index contributed by atoms with van der Waals surface area (Å²) in [5.41, 5.74) is 2.24. The highest BCUT2D eigenvalue weighted by Crippen LogP contribution is 2.16. The molecule has 25 heavy (non-hydrogen) atoms. The Bertz CT molecular complexity index is 606. The smallest absolute Gasteiger partial charge is 0.260 e. The minimum Gasteiger partial charge on any atom is -0.484 e. The van der Waals surface area contributed by atoms with Crippen molar-refractivity contribution in [3.05, 3.63) is 29.3 Å². The summed E-state index contributed by atoms with van der Waals surface area (Å²) in [4.78, 5) is 28.2. The predicted molar refractivity (Wildman–Crippen MR) is 98.2 cm³/mol. The normalized spacial score (nSPS) is 17.5. The number of carbonyl (C=O) groups is 2. The van der Waals surface area contributed by atoms with Gasteiger partial charge in [0.2, 0.25) is 5.91 Å². The van der Waals surface area contributed by atoms with E-state index < -0.39 is 0 Å². The number of amides is 2. The number of benzene rings is 1. The Morgan fingerprint density at radius 1 is 1.04 bits per heavy atom. The number of rotatable bonds is 4. The van der Waals surface area contributed by atoms with Gasteiger partial charge in [-0.3, -0.25) is 9.59 Å². The summed E-state index contributed by atoms with van der Waals surface area (Å²) in [6, 6.07) is 5.94. The Labute approximate surface area is 154 Å². The Morgan fingerprint density at radius 2 is 1.60 bits per heavy atom. The van der Waals surface area contributed by atoms with Crippen molar-refractivity contribution in [2.75, 3.05) is 45.9 Å². The van der Waals surface area contributed by atoms with Crippen molar-refractivity contribution >= 4 is 24.2 Å². The van der Waals surface area contributed by atoms with Crippen molar-refractivity contribution in [3.63, 3.8) is 0 Å². The highest BCUT2D eigenvalue weighted by Gasteiger charge is 2.31. The molecule has 3 rings (SSSR count). The van der Waals surface area contributed by atoms with E-state index >= 15 is 0 Å². The lowest BCUT2D eigenvalue weighted by Gasteiger charge is -2.38. The van der Waals surface area contributed by atoms with Gasteiger partial charge in [-0.1, -0.05) is 6.07 Å². The lowest BCUT2D eigenvalue weighted by molar-refractivity contribution is -0.144. The number of carbonyl (C=O) groups excluding carboxylic acids is 2. The van der Waals surface area contributed by atoms with E-state index in [1.807, 2.05) is 30.9 Å². The summed E-state index contributed by atoms with van der Waals surface area (Å²) in [7, 11) is 0. The third-order valence-corrected chi connectivity index (χ3v) is 4.63.